The molecule has 1 aliphatic rings. The van der Waals surface area contributed by atoms with Crippen LogP contribution in [-0.2, 0) is 8.85 Å². The Bertz CT molecular complexity index is 230. The molecule has 108 valence electrons. The zero-order valence-electron chi connectivity index (χ0n) is 12.8. The lowest BCUT2D eigenvalue weighted by molar-refractivity contribution is 0.148. The largest absolute Gasteiger partial charge is 0.427 e. The van der Waals surface area contributed by atoms with Crippen LogP contribution in [0.5, 0.6) is 0 Å². The van der Waals surface area contributed by atoms with Crippen molar-refractivity contribution < 1.29 is 8.85 Å². The summed E-state index contributed by atoms with van der Waals surface area (Å²) < 4.78 is 12.2. The summed E-state index contributed by atoms with van der Waals surface area (Å²) in [5.41, 5.74) is 0.437. The van der Waals surface area contributed by atoms with Gasteiger partial charge in [0.2, 0.25) is 0 Å². The predicted octanol–water partition coefficient (Wildman–Crippen LogP) is 3.58. The van der Waals surface area contributed by atoms with E-state index in [4.69, 9.17) is 8.85 Å². The fourth-order valence-corrected chi connectivity index (χ4v) is 5.90. The van der Waals surface area contributed by atoms with Crippen molar-refractivity contribution in [2.75, 3.05) is 13.2 Å². The Labute approximate surface area is 114 Å². The van der Waals surface area contributed by atoms with Crippen LogP contribution in [-0.4, -0.2) is 28.0 Å². The molecule has 0 aromatic heterocycles. The first-order chi connectivity index (χ1) is 8.55. The zero-order valence-corrected chi connectivity index (χ0v) is 13.8. The summed E-state index contributed by atoms with van der Waals surface area (Å²) in [5, 5.41) is 0. The smallest absolute Gasteiger partial charge is 0.383 e. The Morgan fingerprint density at radius 2 is 1.67 bits per heavy atom. The zero-order chi connectivity index (χ0) is 13.6. The van der Waals surface area contributed by atoms with E-state index in [-0.39, 0.29) is 0 Å². The molecule has 0 spiro atoms. The Morgan fingerprint density at radius 1 is 1.11 bits per heavy atom. The number of nitrogens with one attached hydrogen (secondary N) is 1. The van der Waals surface area contributed by atoms with E-state index in [1.54, 1.807) is 0 Å². The molecule has 1 N–H and O–H groups in total. The molecule has 1 aliphatic carbocycles. The highest BCUT2D eigenvalue weighted by Crippen LogP contribution is 2.28. The van der Waals surface area contributed by atoms with Crippen LogP contribution in [0.1, 0.15) is 60.3 Å². The number of rotatable bonds is 7. The van der Waals surface area contributed by atoms with Crippen molar-refractivity contribution >= 4 is 8.72 Å². The molecular formula is C14H31NO2Si. The van der Waals surface area contributed by atoms with Gasteiger partial charge in [-0.3, -0.25) is 4.98 Å². The molecule has 0 aromatic rings. The Kier molecular flexibility index (Phi) is 6.85. The van der Waals surface area contributed by atoms with Crippen LogP contribution in [0.2, 0.25) is 5.54 Å². The molecule has 2 unspecified atom stereocenters. The quantitative estimate of drug-likeness (QED) is 0.719. The van der Waals surface area contributed by atoms with Crippen LogP contribution in [0, 0.1) is 5.92 Å². The third-order valence-electron chi connectivity index (χ3n) is 3.98. The van der Waals surface area contributed by atoms with Crippen LogP contribution in [0.4, 0.5) is 0 Å². The highest BCUT2D eigenvalue weighted by Gasteiger charge is 2.44. The van der Waals surface area contributed by atoms with Crippen molar-refractivity contribution in [3.63, 3.8) is 0 Å². The van der Waals surface area contributed by atoms with Gasteiger partial charge in [0.25, 0.3) is 0 Å². The highest BCUT2D eigenvalue weighted by molar-refractivity contribution is 6.66. The topological polar surface area (TPSA) is 30.5 Å². The molecule has 1 fully saturated rings. The summed E-state index contributed by atoms with van der Waals surface area (Å²) in [5.74, 6) is 0.741. The summed E-state index contributed by atoms with van der Waals surface area (Å²) in [7, 11) is -2.25. The van der Waals surface area contributed by atoms with Crippen LogP contribution in [0.15, 0.2) is 0 Å². The van der Waals surface area contributed by atoms with Crippen molar-refractivity contribution in [3.8, 4) is 0 Å². The van der Waals surface area contributed by atoms with Crippen molar-refractivity contribution in [2.45, 2.75) is 71.9 Å². The van der Waals surface area contributed by atoms with Gasteiger partial charge in [-0.2, -0.15) is 0 Å². The molecule has 0 saturated heterocycles. The lowest BCUT2D eigenvalue weighted by Gasteiger charge is -2.40. The molecule has 1 saturated carbocycles. The van der Waals surface area contributed by atoms with E-state index in [2.05, 4.69) is 39.6 Å². The summed E-state index contributed by atoms with van der Waals surface area (Å²) in [4.78, 5) is 3.81. The van der Waals surface area contributed by atoms with Crippen LogP contribution in [0.25, 0.3) is 0 Å². The van der Waals surface area contributed by atoms with Gasteiger partial charge < -0.3 is 8.85 Å². The first kappa shape index (κ1) is 16.2. The minimum atomic E-state index is -2.25. The molecule has 4 heteroatoms. The minimum Gasteiger partial charge on any atom is -0.383 e. The summed E-state index contributed by atoms with van der Waals surface area (Å²) in [6.45, 7) is 12.4. The first-order valence-corrected chi connectivity index (χ1v) is 9.50. The lowest BCUT2D eigenvalue weighted by atomic mass is 9.87. The van der Waals surface area contributed by atoms with E-state index in [0.29, 0.717) is 11.6 Å². The van der Waals surface area contributed by atoms with Crippen molar-refractivity contribution in [1.82, 2.24) is 4.98 Å². The third-order valence-corrected chi connectivity index (χ3v) is 7.70. The standard InChI is InChI=1S/C14H31NO2Si/c1-6-16-18(12(3)4,17-7-2)15-14-11-9-8-10-13(14)5/h12-15H,6-11H2,1-5H3. The predicted molar refractivity (Wildman–Crippen MR) is 78.7 cm³/mol. The summed E-state index contributed by atoms with van der Waals surface area (Å²) in [6, 6.07) is 0.575. The van der Waals surface area contributed by atoms with Gasteiger partial charge in [-0.25, -0.2) is 0 Å². The molecular weight excluding hydrogens is 242 g/mol. The summed E-state index contributed by atoms with van der Waals surface area (Å²) in [6.07, 6.45) is 5.31. The molecule has 0 heterocycles. The van der Waals surface area contributed by atoms with Gasteiger partial charge in [0.1, 0.15) is 0 Å². The number of hydrogen-bond acceptors (Lipinski definition) is 3. The van der Waals surface area contributed by atoms with Gasteiger partial charge in [-0.15, -0.1) is 0 Å². The lowest BCUT2D eigenvalue weighted by Crippen LogP contribution is -2.63. The monoisotopic (exact) mass is 273 g/mol. The fourth-order valence-electron chi connectivity index (χ4n) is 2.84. The van der Waals surface area contributed by atoms with Gasteiger partial charge in [-0.05, 0) is 32.6 Å². The second-order valence-corrected chi connectivity index (χ2v) is 9.06. The molecule has 3 nitrogen and oxygen atoms in total. The van der Waals surface area contributed by atoms with E-state index >= 15 is 0 Å². The Hall–Kier alpha value is 0.0969. The number of hydrogen-bond donors (Lipinski definition) is 1. The van der Waals surface area contributed by atoms with E-state index in [9.17, 15) is 0 Å². The third kappa shape index (κ3) is 4.05. The minimum absolute atomic E-state index is 0.437. The van der Waals surface area contributed by atoms with Gasteiger partial charge in [0.15, 0.2) is 0 Å². The van der Waals surface area contributed by atoms with Crippen molar-refractivity contribution in [3.05, 3.63) is 0 Å². The van der Waals surface area contributed by atoms with Crippen molar-refractivity contribution in [2.24, 2.45) is 5.92 Å². The Morgan fingerprint density at radius 3 is 2.11 bits per heavy atom. The Balaban J connectivity index is 2.74. The summed E-state index contributed by atoms with van der Waals surface area (Å²) >= 11 is 0. The van der Waals surface area contributed by atoms with Crippen LogP contribution >= 0.6 is 0 Å². The average Bonchev–Trinajstić information content (AvgIpc) is 2.32. The van der Waals surface area contributed by atoms with Crippen LogP contribution in [0.3, 0.4) is 0 Å². The molecule has 18 heavy (non-hydrogen) atoms. The average molecular weight is 273 g/mol. The van der Waals surface area contributed by atoms with E-state index in [0.717, 1.165) is 19.1 Å². The van der Waals surface area contributed by atoms with Gasteiger partial charge in [-0.1, -0.05) is 33.6 Å². The maximum atomic E-state index is 6.09. The fraction of sp³-hybridized carbons (Fsp3) is 1.00. The molecule has 0 radical (unpaired) electrons. The molecule has 0 amide bonds. The molecule has 2 atom stereocenters. The highest BCUT2D eigenvalue weighted by atomic mass is 28.4. The van der Waals surface area contributed by atoms with Gasteiger partial charge >= 0.3 is 8.72 Å². The maximum Gasteiger partial charge on any atom is 0.427 e. The molecule has 0 bridgehead atoms. The van der Waals surface area contributed by atoms with E-state index < -0.39 is 8.72 Å². The molecule has 1 rings (SSSR count). The SMILES string of the molecule is CCO[Si](NC1CCCCC1C)(OCC)C(C)C. The maximum absolute atomic E-state index is 6.09. The van der Waals surface area contributed by atoms with Crippen LogP contribution < -0.4 is 4.98 Å². The van der Waals surface area contributed by atoms with E-state index in [1.807, 2.05) is 0 Å². The first-order valence-electron chi connectivity index (χ1n) is 7.61. The van der Waals surface area contributed by atoms with Gasteiger partial charge in [0.05, 0.1) is 0 Å². The molecule has 0 aliphatic heterocycles. The van der Waals surface area contributed by atoms with Crippen molar-refractivity contribution in [1.29, 1.82) is 0 Å². The van der Waals surface area contributed by atoms with Gasteiger partial charge in [0, 0.05) is 24.8 Å². The second kappa shape index (κ2) is 7.63. The normalized spacial score (nSPS) is 25.7. The second-order valence-electron chi connectivity index (χ2n) is 5.70. The van der Waals surface area contributed by atoms with E-state index in [1.165, 1.54) is 25.7 Å². The molecule has 0 aromatic carbocycles.